The Morgan fingerprint density at radius 1 is 1.41 bits per heavy atom. The Morgan fingerprint density at radius 3 is 2.82 bits per heavy atom. The van der Waals surface area contributed by atoms with E-state index in [1.807, 2.05) is 6.92 Å². The zero-order valence-electron chi connectivity index (χ0n) is 12.8. The van der Waals surface area contributed by atoms with Gasteiger partial charge in [0, 0.05) is 19.1 Å². The number of thiophene rings is 1. The topological polar surface area (TPSA) is 82.6 Å². The van der Waals surface area contributed by atoms with Crippen LogP contribution in [0.1, 0.15) is 32.6 Å². The van der Waals surface area contributed by atoms with Gasteiger partial charge in [-0.2, -0.15) is 0 Å². The Hall–Kier alpha value is -1.12. The van der Waals surface area contributed by atoms with Gasteiger partial charge in [-0.05, 0) is 31.2 Å². The highest BCUT2D eigenvalue weighted by Gasteiger charge is 2.16. The summed E-state index contributed by atoms with van der Waals surface area (Å²) in [6, 6.07) is 3.81. The van der Waals surface area contributed by atoms with Crippen LogP contribution < -0.4 is 15.4 Å². The number of aliphatic imine (C=N–C) groups is 1. The van der Waals surface area contributed by atoms with Gasteiger partial charge in [-0.1, -0.05) is 18.9 Å². The lowest BCUT2D eigenvalue weighted by atomic mass is 10.2. The molecule has 0 bridgehead atoms. The Bertz CT molecular complexity index is 564. The molecule has 0 atom stereocenters. The van der Waals surface area contributed by atoms with Crippen molar-refractivity contribution in [2.24, 2.45) is 4.99 Å². The Labute approximate surface area is 136 Å². The molecule has 6 nitrogen and oxygen atoms in total. The second-order valence-electron chi connectivity index (χ2n) is 5.22. The second kappa shape index (κ2) is 8.50. The van der Waals surface area contributed by atoms with Crippen LogP contribution in [0.15, 0.2) is 26.7 Å². The van der Waals surface area contributed by atoms with E-state index in [2.05, 4.69) is 20.3 Å². The van der Waals surface area contributed by atoms with Gasteiger partial charge in [-0.25, -0.2) is 13.1 Å². The largest absolute Gasteiger partial charge is 0.357 e. The number of hydrogen-bond acceptors (Lipinski definition) is 4. The van der Waals surface area contributed by atoms with Crippen LogP contribution in [0.4, 0.5) is 0 Å². The molecule has 0 unspecified atom stereocenters. The zero-order chi connectivity index (χ0) is 15.8. The van der Waals surface area contributed by atoms with Crippen LogP contribution >= 0.6 is 11.3 Å². The zero-order valence-corrected chi connectivity index (χ0v) is 14.5. The van der Waals surface area contributed by atoms with Gasteiger partial charge in [0.25, 0.3) is 0 Å². The van der Waals surface area contributed by atoms with Gasteiger partial charge < -0.3 is 10.6 Å². The Kier molecular flexibility index (Phi) is 6.66. The van der Waals surface area contributed by atoms with E-state index >= 15 is 0 Å². The smallest absolute Gasteiger partial charge is 0.250 e. The first-order valence-electron chi connectivity index (χ1n) is 7.70. The predicted octanol–water partition coefficient (Wildman–Crippen LogP) is 1.52. The molecule has 1 aromatic rings. The lowest BCUT2D eigenvalue weighted by Crippen LogP contribution is -2.42. The summed E-state index contributed by atoms with van der Waals surface area (Å²) in [5.74, 6) is 0.768. The molecule has 0 radical (unpaired) electrons. The average Bonchev–Trinajstić information content (AvgIpc) is 3.16. The van der Waals surface area contributed by atoms with E-state index in [9.17, 15) is 8.42 Å². The van der Waals surface area contributed by atoms with Crippen molar-refractivity contribution < 1.29 is 8.42 Å². The average molecular weight is 345 g/mol. The van der Waals surface area contributed by atoms with Crippen LogP contribution in [0, 0.1) is 0 Å². The molecule has 0 amide bonds. The SMILES string of the molecule is CCNC(=NCCNS(=O)(=O)c1cccs1)NC1CCCC1. The van der Waals surface area contributed by atoms with E-state index in [0.717, 1.165) is 12.5 Å². The lowest BCUT2D eigenvalue weighted by molar-refractivity contribution is 0.583. The fourth-order valence-electron chi connectivity index (χ4n) is 2.42. The van der Waals surface area contributed by atoms with Gasteiger partial charge in [0.1, 0.15) is 4.21 Å². The molecule has 1 aromatic heterocycles. The standard InChI is InChI=1S/C14H24N4O2S2/c1-2-15-14(18-12-6-3-4-7-12)16-9-10-17-22(19,20)13-8-5-11-21-13/h5,8,11-12,17H,2-4,6-7,9-10H2,1H3,(H2,15,16,18). The van der Waals surface area contributed by atoms with Gasteiger partial charge in [-0.15, -0.1) is 11.3 Å². The summed E-state index contributed by atoms with van der Waals surface area (Å²) in [6.07, 6.45) is 4.88. The number of hydrogen-bond donors (Lipinski definition) is 3. The van der Waals surface area contributed by atoms with Crippen LogP contribution in [0.5, 0.6) is 0 Å². The first-order chi connectivity index (χ1) is 10.6. The van der Waals surface area contributed by atoms with Gasteiger partial charge in [0.05, 0.1) is 6.54 Å². The molecule has 1 heterocycles. The minimum atomic E-state index is -3.39. The van der Waals surface area contributed by atoms with Crippen molar-refractivity contribution in [2.45, 2.75) is 42.9 Å². The van der Waals surface area contributed by atoms with Crippen LogP contribution in [-0.2, 0) is 10.0 Å². The molecule has 22 heavy (non-hydrogen) atoms. The molecule has 8 heteroatoms. The first kappa shape index (κ1) is 17.2. The predicted molar refractivity (Wildman–Crippen MR) is 90.9 cm³/mol. The maximum Gasteiger partial charge on any atom is 0.250 e. The molecule has 1 aliphatic carbocycles. The third-order valence-corrected chi connectivity index (χ3v) is 6.33. The highest BCUT2D eigenvalue weighted by Crippen LogP contribution is 2.17. The Morgan fingerprint density at radius 2 is 2.18 bits per heavy atom. The fraction of sp³-hybridized carbons (Fsp3) is 0.643. The van der Waals surface area contributed by atoms with Crippen LogP contribution in [0.2, 0.25) is 0 Å². The summed E-state index contributed by atoms with van der Waals surface area (Å²) in [4.78, 5) is 4.43. The van der Waals surface area contributed by atoms with Crippen molar-refractivity contribution in [3.63, 3.8) is 0 Å². The summed E-state index contributed by atoms with van der Waals surface area (Å²) in [7, 11) is -3.39. The first-order valence-corrected chi connectivity index (χ1v) is 10.1. The molecule has 0 saturated heterocycles. The molecular formula is C14H24N4O2S2. The minimum absolute atomic E-state index is 0.293. The van der Waals surface area contributed by atoms with Crippen molar-refractivity contribution in [2.75, 3.05) is 19.6 Å². The summed E-state index contributed by atoms with van der Waals surface area (Å²) in [6.45, 7) is 3.51. The lowest BCUT2D eigenvalue weighted by Gasteiger charge is -2.16. The summed E-state index contributed by atoms with van der Waals surface area (Å²) in [5.41, 5.74) is 0. The summed E-state index contributed by atoms with van der Waals surface area (Å²) < 4.78 is 26.8. The second-order valence-corrected chi connectivity index (χ2v) is 8.16. The van der Waals surface area contributed by atoms with Crippen molar-refractivity contribution >= 4 is 27.3 Å². The maximum atomic E-state index is 12.0. The van der Waals surface area contributed by atoms with Gasteiger partial charge >= 0.3 is 0 Å². The molecule has 1 aliphatic rings. The molecular weight excluding hydrogens is 320 g/mol. The highest BCUT2D eigenvalue weighted by atomic mass is 32.2. The summed E-state index contributed by atoms with van der Waals surface area (Å²) >= 11 is 1.21. The molecule has 3 N–H and O–H groups in total. The van der Waals surface area contributed by atoms with E-state index < -0.39 is 10.0 Å². The monoisotopic (exact) mass is 344 g/mol. The normalized spacial score (nSPS) is 16.9. The van der Waals surface area contributed by atoms with Crippen molar-refractivity contribution in [3.8, 4) is 0 Å². The van der Waals surface area contributed by atoms with E-state index in [1.54, 1.807) is 17.5 Å². The number of guanidine groups is 1. The molecule has 1 saturated carbocycles. The number of rotatable bonds is 7. The molecule has 0 aromatic carbocycles. The quantitative estimate of drug-likeness (QED) is 0.398. The summed E-state index contributed by atoms with van der Waals surface area (Å²) in [5, 5.41) is 8.36. The Balaban J connectivity index is 1.80. The third kappa shape index (κ3) is 5.26. The molecule has 1 fully saturated rings. The van der Waals surface area contributed by atoms with Gasteiger partial charge in [0.15, 0.2) is 5.96 Å². The van der Waals surface area contributed by atoms with E-state index in [1.165, 1.54) is 37.0 Å². The molecule has 0 spiro atoms. The van der Waals surface area contributed by atoms with Gasteiger partial charge in [-0.3, -0.25) is 4.99 Å². The van der Waals surface area contributed by atoms with Crippen molar-refractivity contribution in [1.82, 2.24) is 15.4 Å². The van der Waals surface area contributed by atoms with Crippen LogP contribution in [0.3, 0.4) is 0 Å². The maximum absolute atomic E-state index is 12.0. The van der Waals surface area contributed by atoms with Gasteiger partial charge in [0.2, 0.25) is 10.0 Å². The van der Waals surface area contributed by atoms with Crippen LogP contribution in [0.25, 0.3) is 0 Å². The minimum Gasteiger partial charge on any atom is -0.357 e. The number of nitrogens with zero attached hydrogens (tertiary/aromatic N) is 1. The van der Waals surface area contributed by atoms with E-state index in [4.69, 9.17) is 0 Å². The van der Waals surface area contributed by atoms with Crippen molar-refractivity contribution in [1.29, 1.82) is 0 Å². The number of nitrogens with one attached hydrogen (secondary N) is 3. The van der Waals surface area contributed by atoms with Crippen molar-refractivity contribution in [3.05, 3.63) is 17.5 Å². The van der Waals surface area contributed by atoms with E-state index in [0.29, 0.717) is 23.3 Å². The van der Waals surface area contributed by atoms with Crippen LogP contribution in [-0.4, -0.2) is 40.1 Å². The fourth-order valence-corrected chi connectivity index (χ4v) is 4.48. The molecule has 2 rings (SSSR count). The van der Waals surface area contributed by atoms with E-state index in [-0.39, 0.29) is 0 Å². The molecule has 0 aliphatic heterocycles. The highest BCUT2D eigenvalue weighted by molar-refractivity contribution is 7.91. The third-order valence-electron chi connectivity index (χ3n) is 3.47. The molecule has 124 valence electrons. The number of sulfonamides is 1.